The second-order valence-corrected chi connectivity index (χ2v) is 6.13. The number of imidazole rings is 1. The molecule has 3 rings (SSSR count). The van der Waals surface area contributed by atoms with E-state index in [-0.39, 0.29) is 22.5 Å². The highest BCUT2D eigenvalue weighted by Crippen LogP contribution is 2.24. The fourth-order valence-electron chi connectivity index (χ4n) is 3.02. The van der Waals surface area contributed by atoms with Crippen molar-refractivity contribution in [3.63, 3.8) is 0 Å². The molecule has 3 heterocycles. The predicted molar refractivity (Wildman–Crippen MR) is 96.3 cm³/mol. The number of nitrogens with zero attached hydrogens (tertiary/aromatic N) is 5. The van der Waals surface area contributed by atoms with E-state index in [1.807, 2.05) is 13.8 Å². The predicted octanol–water partition coefficient (Wildman–Crippen LogP) is 1.62. The van der Waals surface area contributed by atoms with E-state index in [0.717, 1.165) is 0 Å². The lowest BCUT2D eigenvalue weighted by Gasteiger charge is -2.09. The smallest absolute Gasteiger partial charge is 0.332 e. The van der Waals surface area contributed by atoms with Crippen molar-refractivity contribution in [1.29, 1.82) is 0 Å². The minimum Gasteiger partial charge on any atom is -0.342 e. The molecule has 0 fully saturated rings. The lowest BCUT2D eigenvalue weighted by molar-refractivity contribution is -0.384. The van der Waals surface area contributed by atoms with Gasteiger partial charge in [0.2, 0.25) is 0 Å². The molecule has 0 aliphatic carbocycles. The first-order valence-corrected chi connectivity index (χ1v) is 8.43. The molecule has 26 heavy (non-hydrogen) atoms. The zero-order valence-corrected chi connectivity index (χ0v) is 14.9. The molecule has 3 aromatic rings. The highest BCUT2D eigenvalue weighted by atomic mass is 16.6. The van der Waals surface area contributed by atoms with Crippen LogP contribution in [0, 0.1) is 10.1 Å². The maximum absolute atomic E-state index is 12.7. The van der Waals surface area contributed by atoms with Crippen molar-refractivity contribution in [2.24, 2.45) is 7.05 Å². The summed E-state index contributed by atoms with van der Waals surface area (Å²) in [5, 5.41) is 11.0. The molecular weight excluding hydrogens is 340 g/mol. The molecule has 0 spiro atoms. The molecule has 138 valence electrons. The fraction of sp³-hybridized carbons (Fsp3) is 0.438. The summed E-state index contributed by atoms with van der Waals surface area (Å²) in [6.45, 7) is 4.57. The van der Waals surface area contributed by atoms with Gasteiger partial charge < -0.3 is 9.55 Å². The van der Waals surface area contributed by atoms with E-state index in [0.29, 0.717) is 37.4 Å². The minimum absolute atomic E-state index is 0.0719. The number of H-pyrrole nitrogens is 1. The van der Waals surface area contributed by atoms with Gasteiger partial charge in [0.05, 0.1) is 16.8 Å². The number of aromatic nitrogens is 5. The summed E-state index contributed by atoms with van der Waals surface area (Å²) in [6, 6.07) is 1.38. The normalized spacial score (nSPS) is 11.3. The van der Waals surface area contributed by atoms with Crippen molar-refractivity contribution in [2.45, 2.75) is 39.8 Å². The van der Waals surface area contributed by atoms with Gasteiger partial charge in [0.15, 0.2) is 11.5 Å². The number of rotatable bonds is 6. The first-order valence-electron chi connectivity index (χ1n) is 8.43. The second-order valence-electron chi connectivity index (χ2n) is 6.13. The van der Waals surface area contributed by atoms with Crippen LogP contribution >= 0.6 is 0 Å². The van der Waals surface area contributed by atoms with Gasteiger partial charge in [-0.1, -0.05) is 13.8 Å². The van der Waals surface area contributed by atoms with Crippen LogP contribution in [-0.4, -0.2) is 28.6 Å². The molecule has 0 aliphatic rings. The molecule has 1 N–H and O–H groups in total. The number of hydrogen-bond donors (Lipinski definition) is 1. The van der Waals surface area contributed by atoms with E-state index in [9.17, 15) is 19.7 Å². The molecule has 0 unspecified atom stereocenters. The Kier molecular flexibility index (Phi) is 4.49. The summed E-state index contributed by atoms with van der Waals surface area (Å²) in [7, 11) is 1.66. The molecule has 0 radical (unpaired) electrons. The molecule has 10 heteroatoms. The maximum atomic E-state index is 12.7. The average molecular weight is 360 g/mol. The second kappa shape index (κ2) is 6.62. The molecule has 0 aromatic carbocycles. The van der Waals surface area contributed by atoms with E-state index in [2.05, 4.69) is 9.97 Å². The largest absolute Gasteiger partial charge is 0.342 e. The lowest BCUT2D eigenvalue weighted by Crippen LogP contribution is -2.40. The zero-order chi connectivity index (χ0) is 19.0. The standard InChI is InChI=1S/C16H20N6O4/c1-4-6-20-14-12(15(23)21(7-5-2)16(20)24)17-13(18-14)11-8-10(22(25)26)9-19(11)3/h8-9H,4-7H2,1-3H3,(H,17,18). The average Bonchev–Trinajstić information content (AvgIpc) is 3.19. The van der Waals surface area contributed by atoms with Crippen molar-refractivity contribution in [3.8, 4) is 11.5 Å². The Bertz CT molecular complexity index is 1100. The Morgan fingerprint density at radius 3 is 2.42 bits per heavy atom. The number of nitrogens with one attached hydrogen (secondary N) is 1. The molecule has 0 amide bonds. The number of nitro groups is 1. The van der Waals surface area contributed by atoms with Gasteiger partial charge in [0.1, 0.15) is 5.52 Å². The van der Waals surface area contributed by atoms with Crippen LogP contribution in [0.25, 0.3) is 22.7 Å². The number of aryl methyl sites for hydroxylation is 2. The summed E-state index contributed by atoms with van der Waals surface area (Å²) < 4.78 is 4.24. The van der Waals surface area contributed by atoms with E-state index in [1.54, 1.807) is 11.6 Å². The third-order valence-electron chi connectivity index (χ3n) is 4.20. The fourth-order valence-corrected chi connectivity index (χ4v) is 3.02. The van der Waals surface area contributed by atoms with Crippen LogP contribution in [0.3, 0.4) is 0 Å². The van der Waals surface area contributed by atoms with Crippen LogP contribution in [0.4, 0.5) is 5.69 Å². The molecule has 0 aliphatic heterocycles. The third kappa shape index (κ3) is 2.72. The Labute approximate surface area is 147 Å². The van der Waals surface area contributed by atoms with Gasteiger partial charge >= 0.3 is 5.69 Å². The van der Waals surface area contributed by atoms with Gasteiger partial charge in [0.25, 0.3) is 11.2 Å². The summed E-state index contributed by atoms with van der Waals surface area (Å²) in [5.41, 5.74) is 0.0734. The van der Waals surface area contributed by atoms with Gasteiger partial charge in [-0.25, -0.2) is 9.78 Å². The van der Waals surface area contributed by atoms with Crippen molar-refractivity contribution >= 4 is 16.9 Å². The van der Waals surface area contributed by atoms with E-state index in [4.69, 9.17) is 0 Å². The van der Waals surface area contributed by atoms with E-state index in [1.165, 1.54) is 21.4 Å². The van der Waals surface area contributed by atoms with Crippen LogP contribution in [0.2, 0.25) is 0 Å². The molecule has 0 bridgehead atoms. The molecule has 10 nitrogen and oxygen atoms in total. The summed E-state index contributed by atoms with van der Waals surface area (Å²) in [4.78, 5) is 43.2. The number of aromatic amines is 1. The number of fused-ring (bicyclic) bond motifs is 1. The monoisotopic (exact) mass is 360 g/mol. The van der Waals surface area contributed by atoms with Gasteiger partial charge in [0, 0.05) is 26.2 Å². The van der Waals surface area contributed by atoms with Crippen LogP contribution in [-0.2, 0) is 20.1 Å². The van der Waals surface area contributed by atoms with Crippen LogP contribution < -0.4 is 11.2 Å². The minimum atomic E-state index is -0.493. The Morgan fingerprint density at radius 2 is 1.85 bits per heavy atom. The van der Waals surface area contributed by atoms with Gasteiger partial charge in [-0.2, -0.15) is 0 Å². The van der Waals surface area contributed by atoms with Crippen molar-refractivity contribution in [1.82, 2.24) is 23.7 Å². The van der Waals surface area contributed by atoms with Crippen LogP contribution in [0.5, 0.6) is 0 Å². The van der Waals surface area contributed by atoms with Gasteiger partial charge in [-0.3, -0.25) is 24.0 Å². The highest BCUT2D eigenvalue weighted by Gasteiger charge is 2.20. The van der Waals surface area contributed by atoms with Crippen molar-refractivity contribution in [2.75, 3.05) is 0 Å². The first kappa shape index (κ1) is 17.6. The van der Waals surface area contributed by atoms with E-state index >= 15 is 0 Å². The number of hydrogen-bond acceptors (Lipinski definition) is 5. The SMILES string of the molecule is CCCn1c(=O)c2[nH]c(-c3cc([N+](=O)[O-])cn3C)nc2n(CCC)c1=O. The molecule has 0 saturated carbocycles. The van der Waals surface area contributed by atoms with Gasteiger partial charge in [-0.15, -0.1) is 0 Å². The topological polar surface area (TPSA) is 121 Å². The Balaban J connectivity index is 2.30. The summed E-state index contributed by atoms with van der Waals surface area (Å²) >= 11 is 0. The lowest BCUT2D eigenvalue weighted by atomic mass is 10.4. The quantitative estimate of drug-likeness (QED) is 0.529. The highest BCUT2D eigenvalue weighted by molar-refractivity contribution is 5.75. The van der Waals surface area contributed by atoms with Crippen molar-refractivity contribution < 1.29 is 4.92 Å². The Hall–Kier alpha value is -3.17. The first-order chi connectivity index (χ1) is 12.4. The Morgan fingerprint density at radius 1 is 1.19 bits per heavy atom. The molecule has 0 atom stereocenters. The molecule has 0 saturated heterocycles. The zero-order valence-electron chi connectivity index (χ0n) is 14.9. The van der Waals surface area contributed by atoms with Crippen LogP contribution in [0.1, 0.15) is 26.7 Å². The summed E-state index contributed by atoms with van der Waals surface area (Å²) in [6.07, 6.45) is 2.73. The molecule has 3 aromatic heterocycles. The third-order valence-corrected chi connectivity index (χ3v) is 4.20. The van der Waals surface area contributed by atoms with Crippen molar-refractivity contribution in [3.05, 3.63) is 43.2 Å². The molecular formula is C16H20N6O4. The summed E-state index contributed by atoms with van der Waals surface area (Å²) in [5.74, 6) is 0.311. The van der Waals surface area contributed by atoms with E-state index < -0.39 is 10.5 Å². The van der Waals surface area contributed by atoms with Crippen LogP contribution in [0.15, 0.2) is 21.9 Å². The van der Waals surface area contributed by atoms with Gasteiger partial charge in [-0.05, 0) is 12.8 Å². The maximum Gasteiger partial charge on any atom is 0.332 e.